The Labute approximate surface area is 215 Å². The van der Waals surface area contributed by atoms with Crippen LogP contribution in [0.5, 0.6) is 0 Å². The quantitative estimate of drug-likeness (QED) is 0.315. The standard InChI is InChI=1S/C24H19F4N3O5S2/c1-37(33,34)31-23(17-5-3-2-4-6-17,15-38(35,36)20-11-8-18(25)9-12-20)22(32)30-19-10-7-16(14-29)21(13-19)24(26,27)28/h2-13,31H,15H2,1H3,(H,30,32). The first-order valence-electron chi connectivity index (χ1n) is 10.5. The lowest BCUT2D eigenvalue weighted by Crippen LogP contribution is -2.57. The number of alkyl halides is 3. The van der Waals surface area contributed by atoms with Crippen LogP contribution in [-0.2, 0) is 36.4 Å². The monoisotopic (exact) mass is 569 g/mol. The first-order valence-corrected chi connectivity index (χ1v) is 14.1. The van der Waals surface area contributed by atoms with Gasteiger partial charge in [0.1, 0.15) is 5.82 Å². The van der Waals surface area contributed by atoms with Crippen molar-refractivity contribution in [2.24, 2.45) is 0 Å². The van der Waals surface area contributed by atoms with E-state index in [0.717, 1.165) is 36.4 Å². The first kappa shape index (κ1) is 28.8. The fraction of sp³-hybridized carbons (Fsp3) is 0.167. The summed E-state index contributed by atoms with van der Waals surface area (Å²) in [7, 11) is -8.84. The number of halogens is 4. The average molecular weight is 570 g/mol. The van der Waals surface area contributed by atoms with E-state index in [1.54, 1.807) is 0 Å². The summed E-state index contributed by atoms with van der Waals surface area (Å²) in [6, 6.07) is 14.1. The topological polar surface area (TPSA) is 133 Å². The molecule has 38 heavy (non-hydrogen) atoms. The Balaban J connectivity index is 2.20. The van der Waals surface area contributed by atoms with Gasteiger partial charge in [-0.2, -0.15) is 23.2 Å². The molecule has 0 aliphatic carbocycles. The number of sulfonamides is 1. The molecule has 200 valence electrons. The van der Waals surface area contributed by atoms with E-state index >= 15 is 0 Å². The Bertz CT molecular complexity index is 1600. The Morgan fingerprint density at radius 1 is 0.947 bits per heavy atom. The van der Waals surface area contributed by atoms with Crippen molar-refractivity contribution >= 4 is 31.5 Å². The number of nitriles is 1. The van der Waals surface area contributed by atoms with E-state index in [-0.39, 0.29) is 5.56 Å². The first-order chi connectivity index (χ1) is 17.6. The van der Waals surface area contributed by atoms with Gasteiger partial charge in [0.15, 0.2) is 15.4 Å². The number of amides is 1. The molecule has 3 aromatic carbocycles. The Hall–Kier alpha value is -3.80. The van der Waals surface area contributed by atoms with Gasteiger partial charge in [0.2, 0.25) is 10.0 Å². The van der Waals surface area contributed by atoms with E-state index in [9.17, 15) is 39.2 Å². The lowest BCUT2D eigenvalue weighted by Gasteiger charge is -2.33. The van der Waals surface area contributed by atoms with Gasteiger partial charge in [-0.25, -0.2) is 21.2 Å². The molecular weight excluding hydrogens is 550 g/mol. The van der Waals surface area contributed by atoms with Gasteiger partial charge in [-0.3, -0.25) is 4.79 Å². The summed E-state index contributed by atoms with van der Waals surface area (Å²) in [4.78, 5) is 13.3. The van der Waals surface area contributed by atoms with E-state index in [1.807, 2.05) is 4.72 Å². The molecule has 0 spiro atoms. The Morgan fingerprint density at radius 2 is 1.55 bits per heavy atom. The van der Waals surface area contributed by atoms with E-state index in [2.05, 4.69) is 5.32 Å². The van der Waals surface area contributed by atoms with E-state index < -0.39 is 70.8 Å². The molecule has 2 N–H and O–H groups in total. The van der Waals surface area contributed by atoms with Gasteiger partial charge < -0.3 is 5.32 Å². The third-order valence-electron chi connectivity index (χ3n) is 5.30. The molecule has 0 saturated carbocycles. The van der Waals surface area contributed by atoms with Crippen molar-refractivity contribution in [2.45, 2.75) is 16.6 Å². The van der Waals surface area contributed by atoms with Gasteiger partial charge in [0.25, 0.3) is 5.91 Å². The molecule has 0 saturated heterocycles. The van der Waals surface area contributed by atoms with E-state index in [0.29, 0.717) is 12.3 Å². The van der Waals surface area contributed by atoms with Crippen LogP contribution in [-0.4, -0.2) is 34.8 Å². The van der Waals surface area contributed by atoms with Crippen LogP contribution in [0.3, 0.4) is 0 Å². The Kier molecular flexibility index (Phi) is 7.96. The number of anilines is 1. The zero-order chi connectivity index (χ0) is 28.4. The fourth-order valence-electron chi connectivity index (χ4n) is 3.66. The Morgan fingerprint density at radius 3 is 2.08 bits per heavy atom. The molecule has 8 nitrogen and oxygen atoms in total. The molecule has 0 bridgehead atoms. The molecule has 1 unspecified atom stereocenters. The summed E-state index contributed by atoms with van der Waals surface area (Å²) in [5.41, 5.74) is -5.28. The molecule has 1 atom stereocenters. The van der Waals surface area contributed by atoms with Crippen molar-refractivity contribution < 1.29 is 39.2 Å². The van der Waals surface area contributed by atoms with Crippen molar-refractivity contribution in [3.63, 3.8) is 0 Å². The minimum absolute atomic E-state index is 0.140. The zero-order valence-corrected chi connectivity index (χ0v) is 21.1. The van der Waals surface area contributed by atoms with Crippen LogP contribution in [0.1, 0.15) is 16.7 Å². The second kappa shape index (κ2) is 10.5. The van der Waals surface area contributed by atoms with Crippen molar-refractivity contribution in [2.75, 3.05) is 17.3 Å². The maximum atomic E-state index is 13.7. The van der Waals surface area contributed by atoms with Crippen molar-refractivity contribution in [3.05, 3.63) is 95.3 Å². The highest BCUT2D eigenvalue weighted by molar-refractivity contribution is 7.91. The van der Waals surface area contributed by atoms with Gasteiger partial charge in [-0.15, -0.1) is 0 Å². The number of rotatable bonds is 8. The third kappa shape index (κ3) is 6.55. The summed E-state index contributed by atoms with van der Waals surface area (Å²) in [5, 5.41) is 11.2. The number of hydrogen-bond acceptors (Lipinski definition) is 6. The maximum Gasteiger partial charge on any atom is 0.417 e. The number of nitrogens with zero attached hydrogens (tertiary/aromatic N) is 1. The molecule has 3 aromatic rings. The lowest BCUT2D eigenvalue weighted by molar-refractivity contribution is -0.137. The molecular formula is C24H19F4N3O5S2. The molecule has 1 amide bonds. The molecule has 3 rings (SSSR count). The highest BCUT2D eigenvalue weighted by Crippen LogP contribution is 2.35. The smallest absolute Gasteiger partial charge is 0.324 e. The molecule has 0 aliphatic heterocycles. The number of hydrogen-bond donors (Lipinski definition) is 2. The fourth-order valence-corrected chi connectivity index (χ4v) is 6.32. The molecule has 0 aromatic heterocycles. The molecule has 0 aliphatic rings. The highest BCUT2D eigenvalue weighted by Gasteiger charge is 2.47. The molecule has 14 heteroatoms. The minimum atomic E-state index is -4.96. The summed E-state index contributed by atoms with van der Waals surface area (Å²) >= 11 is 0. The number of carbonyl (C=O) groups excluding carboxylic acids is 1. The SMILES string of the molecule is CS(=O)(=O)NC(CS(=O)(=O)c1ccc(F)cc1)(C(=O)Nc1ccc(C#N)c(C(F)(F)F)c1)c1ccccc1. The van der Waals surface area contributed by atoms with Crippen LogP contribution >= 0.6 is 0 Å². The normalized spacial score (nSPS) is 13.8. The number of carbonyl (C=O) groups is 1. The predicted octanol–water partition coefficient (Wildman–Crippen LogP) is 3.57. The van der Waals surface area contributed by atoms with E-state index in [1.165, 1.54) is 36.4 Å². The van der Waals surface area contributed by atoms with Gasteiger partial charge in [0.05, 0.1) is 34.1 Å². The summed E-state index contributed by atoms with van der Waals surface area (Å²) in [6.07, 6.45) is -4.29. The minimum Gasteiger partial charge on any atom is -0.324 e. The predicted molar refractivity (Wildman–Crippen MR) is 129 cm³/mol. The molecule has 0 fully saturated rings. The average Bonchev–Trinajstić information content (AvgIpc) is 2.82. The van der Waals surface area contributed by atoms with Crippen LogP contribution in [0.2, 0.25) is 0 Å². The highest BCUT2D eigenvalue weighted by atomic mass is 32.2. The summed E-state index contributed by atoms with van der Waals surface area (Å²) in [5.74, 6) is -3.28. The van der Waals surface area contributed by atoms with Gasteiger partial charge in [-0.05, 0) is 48.0 Å². The maximum absolute atomic E-state index is 13.7. The van der Waals surface area contributed by atoms with Crippen LogP contribution in [0.4, 0.5) is 23.2 Å². The second-order valence-electron chi connectivity index (χ2n) is 8.18. The second-order valence-corrected chi connectivity index (χ2v) is 11.9. The van der Waals surface area contributed by atoms with Gasteiger partial charge >= 0.3 is 6.18 Å². The summed E-state index contributed by atoms with van der Waals surface area (Å²) < 4.78 is 107. The lowest BCUT2D eigenvalue weighted by atomic mass is 9.91. The largest absolute Gasteiger partial charge is 0.417 e. The number of benzene rings is 3. The van der Waals surface area contributed by atoms with Crippen molar-refractivity contribution in [1.82, 2.24) is 4.72 Å². The summed E-state index contributed by atoms with van der Waals surface area (Å²) in [6.45, 7) is 0. The van der Waals surface area contributed by atoms with Crippen molar-refractivity contribution in [3.8, 4) is 6.07 Å². The van der Waals surface area contributed by atoms with Crippen molar-refractivity contribution in [1.29, 1.82) is 5.26 Å². The molecule has 0 radical (unpaired) electrons. The van der Waals surface area contributed by atoms with Gasteiger partial charge in [0, 0.05) is 5.69 Å². The molecule has 0 heterocycles. The van der Waals surface area contributed by atoms with E-state index in [4.69, 9.17) is 5.26 Å². The van der Waals surface area contributed by atoms with Gasteiger partial charge in [-0.1, -0.05) is 30.3 Å². The third-order valence-corrected chi connectivity index (χ3v) is 7.82. The van der Waals surface area contributed by atoms with Crippen LogP contribution in [0.25, 0.3) is 0 Å². The van der Waals surface area contributed by atoms with Crippen LogP contribution < -0.4 is 10.0 Å². The van der Waals surface area contributed by atoms with Crippen LogP contribution in [0, 0.1) is 17.1 Å². The van der Waals surface area contributed by atoms with Crippen LogP contribution in [0.15, 0.2) is 77.7 Å². The zero-order valence-electron chi connectivity index (χ0n) is 19.5. The number of sulfone groups is 1. The number of nitrogens with one attached hydrogen (secondary N) is 2.